The first-order valence-corrected chi connectivity index (χ1v) is 6.63. The monoisotopic (exact) mass is 258 g/mol. The Hall–Kier alpha value is -0.900. The van der Waals surface area contributed by atoms with E-state index >= 15 is 0 Å². The number of aliphatic carboxylic acids is 1. The number of carboxylic acids is 1. The molecule has 0 heterocycles. The predicted octanol–water partition coefficient (Wildman–Crippen LogP) is 2.63. The second-order valence-corrected chi connectivity index (χ2v) is 6.07. The molecule has 0 aliphatic heterocycles. The Labute approximate surface area is 109 Å². The van der Waals surface area contributed by atoms with Gasteiger partial charge >= 0.3 is 5.97 Å². The van der Waals surface area contributed by atoms with Crippen molar-refractivity contribution in [3.05, 3.63) is 0 Å². The van der Waals surface area contributed by atoms with Crippen molar-refractivity contribution in [2.24, 2.45) is 11.3 Å². The Kier molecular flexibility index (Phi) is 7.14. The number of rotatable bonds is 8. The van der Waals surface area contributed by atoms with E-state index in [0.717, 1.165) is 12.8 Å². The minimum absolute atomic E-state index is 0.193. The molecule has 0 aliphatic rings. The first-order valence-electron chi connectivity index (χ1n) is 6.63. The summed E-state index contributed by atoms with van der Waals surface area (Å²) < 4.78 is 0. The van der Waals surface area contributed by atoms with E-state index in [1.165, 1.54) is 0 Å². The lowest BCUT2D eigenvalue weighted by atomic mass is 9.84. The Morgan fingerprint density at radius 1 is 1.17 bits per heavy atom. The Balaban J connectivity index is 4.51. The molecular formula is C14H26O4. The second kappa shape index (κ2) is 7.52. The first kappa shape index (κ1) is 17.1. The topological polar surface area (TPSA) is 74.6 Å². The zero-order valence-electron chi connectivity index (χ0n) is 11.9. The molecule has 2 atom stereocenters. The molecule has 0 spiro atoms. The van der Waals surface area contributed by atoms with E-state index in [1.807, 2.05) is 27.7 Å². The second-order valence-electron chi connectivity index (χ2n) is 6.07. The molecule has 0 aromatic carbocycles. The number of aliphatic hydroxyl groups is 1. The predicted molar refractivity (Wildman–Crippen MR) is 70.4 cm³/mol. The lowest BCUT2D eigenvalue weighted by Gasteiger charge is -2.23. The average Bonchev–Trinajstić information content (AvgIpc) is 2.20. The third-order valence-corrected chi connectivity index (χ3v) is 2.87. The summed E-state index contributed by atoms with van der Waals surface area (Å²) in [5, 5.41) is 18.9. The van der Waals surface area contributed by atoms with Crippen molar-refractivity contribution >= 4 is 11.8 Å². The zero-order chi connectivity index (χ0) is 14.3. The van der Waals surface area contributed by atoms with Gasteiger partial charge in [-0.15, -0.1) is 0 Å². The van der Waals surface area contributed by atoms with Crippen LogP contribution in [0.3, 0.4) is 0 Å². The van der Waals surface area contributed by atoms with E-state index in [9.17, 15) is 14.7 Å². The molecule has 2 N–H and O–H groups in total. The van der Waals surface area contributed by atoms with Crippen molar-refractivity contribution in [2.75, 3.05) is 0 Å². The highest BCUT2D eigenvalue weighted by molar-refractivity contribution is 6.00. The summed E-state index contributed by atoms with van der Waals surface area (Å²) in [4.78, 5) is 23.0. The number of hydrogen-bond acceptors (Lipinski definition) is 3. The molecule has 0 amide bonds. The quantitative estimate of drug-likeness (QED) is 0.518. The third-order valence-electron chi connectivity index (χ3n) is 2.87. The van der Waals surface area contributed by atoms with Crippen LogP contribution < -0.4 is 0 Å². The minimum atomic E-state index is -1.17. The normalized spacial score (nSPS) is 15.2. The van der Waals surface area contributed by atoms with E-state index in [1.54, 1.807) is 0 Å². The van der Waals surface area contributed by atoms with Gasteiger partial charge in [-0.1, -0.05) is 47.0 Å². The van der Waals surface area contributed by atoms with Crippen LogP contribution in [0.15, 0.2) is 0 Å². The number of Topliss-reactive ketones (excluding diaryl/α,β-unsaturated/α-hetero) is 1. The maximum atomic E-state index is 11.9. The number of carboxylic acid groups (broad SMARTS) is 1. The molecule has 0 aromatic rings. The highest BCUT2D eigenvalue weighted by Gasteiger charge is 2.32. The number of aliphatic hydroxyl groups excluding tert-OH is 1. The van der Waals surface area contributed by atoms with Gasteiger partial charge in [0.15, 0.2) is 5.78 Å². The van der Waals surface area contributed by atoms with Crippen LogP contribution in [0.25, 0.3) is 0 Å². The van der Waals surface area contributed by atoms with E-state index in [4.69, 9.17) is 5.11 Å². The van der Waals surface area contributed by atoms with Crippen LogP contribution in [0.2, 0.25) is 0 Å². The highest BCUT2D eigenvalue weighted by atomic mass is 16.4. The van der Waals surface area contributed by atoms with Gasteiger partial charge in [0.2, 0.25) is 0 Å². The summed E-state index contributed by atoms with van der Waals surface area (Å²) in [6, 6.07) is 0. The molecule has 0 saturated carbocycles. The van der Waals surface area contributed by atoms with E-state index in [-0.39, 0.29) is 5.41 Å². The van der Waals surface area contributed by atoms with Crippen molar-refractivity contribution in [1.29, 1.82) is 0 Å². The molecule has 0 aliphatic carbocycles. The average molecular weight is 258 g/mol. The van der Waals surface area contributed by atoms with Crippen LogP contribution in [0, 0.1) is 11.3 Å². The molecule has 106 valence electrons. The van der Waals surface area contributed by atoms with Crippen molar-refractivity contribution in [1.82, 2.24) is 0 Å². The summed E-state index contributed by atoms with van der Waals surface area (Å²) in [7, 11) is 0. The molecule has 0 aromatic heterocycles. The van der Waals surface area contributed by atoms with Crippen molar-refractivity contribution in [2.45, 2.75) is 65.9 Å². The Morgan fingerprint density at radius 2 is 1.72 bits per heavy atom. The summed E-state index contributed by atoms with van der Waals surface area (Å²) >= 11 is 0. The van der Waals surface area contributed by atoms with Crippen LogP contribution in [0.4, 0.5) is 0 Å². The van der Waals surface area contributed by atoms with Gasteiger partial charge in [-0.3, -0.25) is 9.59 Å². The van der Waals surface area contributed by atoms with Crippen LogP contribution in [-0.2, 0) is 9.59 Å². The van der Waals surface area contributed by atoms with Gasteiger partial charge in [0.1, 0.15) is 12.0 Å². The summed E-state index contributed by atoms with van der Waals surface area (Å²) in [6.45, 7) is 7.76. The van der Waals surface area contributed by atoms with Gasteiger partial charge in [0.05, 0.1) is 0 Å². The van der Waals surface area contributed by atoms with E-state index in [2.05, 4.69) is 0 Å². The van der Waals surface area contributed by atoms with Gasteiger partial charge in [-0.25, -0.2) is 0 Å². The maximum absolute atomic E-state index is 11.9. The lowest BCUT2D eigenvalue weighted by molar-refractivity contribution is -0.150. The number of ketones is 1. The Morgan fingerprint density at radius 3 is 2.11 bits per heavy atom. The van der Waals surface area contributed by atoms with Gasteiger partial charge in [0, 0.05) is 0 Å². The SMILES string of the molecule is CCCCCC(C(=O)O)C(=O)C(O)CC(C)(C)C. The van der Waals surface area contributed by atoms with E-state index in [0.29, 0.717) is 19.3 Å². The van der Waals surface area contributed by atoms with Crippen LogP contribution in [-0.4, -0.2) is 28.1 Å². The molecule has 4 heteroatoms. The fourth-order valence-electron chi connectivity index (χ4n) is 1.90. The molecule has 0 saturated heterocycles. The summed E-state index contributed by atoms with van der Waals surface area (Å²) in [6.07, 6.45) is 2.04. The fraction of sp³-hybridized carbons (Fsp3) is 0.857. The number of hydrogen-bond donors (Lipinski definition) is 2. The molecule has 0 bridgehead atoms. The zero-order valence-corrected chi connectivity index (χ0v) is 11.9. The standard InChI is InChI=1S/C14H26O4/c1-5-6-7-8-10(13(17)18)12(16)11(15)9-14(2,3)4/h10-11,15H,5-9H2,1-4H3,(H,17,18). The first-order chi connectivity index (χ1) is 8.19. The number of carbonyl (C=O) groups is 2. The largest absolute Gasteiger partial charge is 0.481 e. The summed E-state index contributed by atoms with van der Waals surface area (Å²) in [5.41, 5.74) is -0.193. The molecule has 4 nitrogen and oxygen atoms in total. The summed E-state index contributed by atoms with van der Waals surface area (Å²) in [5.74, 6) is -2.73. The van der Waals surface area contributed by atoms with Crippen LogP contribution in [0.5, 0.6) is 0 Å². The Bertz CT molecular complexity index is 278. The van der Waals surface area contributed by atoms with Gasteiger partial charge < -0.3 is 10.2 Å². The number of carbonyl (C=O) groups excluding carboxylic acids is 1. The highest BCUT2D eigenvalue weighted by Crippen LogP contribution is 2.24. The van der Waals surface area contributed by atoms with E-state index < -0.39 is 23.8 Å². The van der Waals surface area contributed by atoms with Gasteiger partial charge in [-0.2, -0.15) is 0 Å². The maximum Gasteiger partial charge on any atom is 0.314 e. The smallest absolute Gasteiger partial charge is 0.314 e. The van der Waals surface area contributed by atoms with Crippen LogP contribution >= 0.6 is 0 Å². The van der Waals surface area contributed by atoms with Crippen molar-refractivity contribution < 1.29 is 19.8 Å². The van der Waals surface area contributed by atoms with Crippen molar-refractivity contribution in [3.8, 4) is 0 Å². The van der Waals surface area contributed by atoms with Gasteiger partial charge in [0.25, 0.3) is 0 Å². The number of unbranched alkanes of at least 4 members (excludes halogenated alkanes) is 2. The van der Waals surface area contributed by atoms with Crippen LogP contribution in [0.1, 0.15) is 59.8 Å². The molecule has 0 rings (SSSR count). The molecular weight excluding hydrogens is 232 g/mol. The van der Waals surface area contributed by atoms with Gasteiger partial charge in [-0.05, 0) is 18.3 Å². The third kappa shape index (κ3) is 6.74. The fourth-order valence-corrected chi connectivity index (χ4v) is 1.90. The van der Waals surface area contributed by atoms with Crippen molar-refractivity contribution in [3.63, 3.8) is 0 Å². The molecule has 0 radical (unpaired) electrons. The minimum Gasteiger partial charge on any atom is -0.481 e. The lowest BCUT2D eigenvalue weighted by Crippen LogP contribution is -2.35. The molecule has 18 heavy (non-hydrogen) atoms. The molecule has 0 fully saturated rings. The molecule has 2 unspecified atom stereocenters.